The molecule has 0 aliphatic carbocycles. The van der Waals surface area contributed by atoms with Gasteiger partial charge in [-0.3, -0.25) is 0 Å². The van der Waals surface area contributed by atoms with Crippen LogP contribution in [0.3, 0.4) is 0 Å². The summed E-state index contributed by atoms with van der Waals surface area (Å²) < 4.78 is 0. The first-order chi connectivity index (χ1) is 8.35. The van der Waals surface area contributed by atoms with E-state index in [0.717, 1.165) is 6.04 Å². The van der Waals surface area contributed by atoms with Gasteiger partial charge in [-0.25, -0.2) is 0 Å². The molecule has 2 heteroatoms. The first-order valence-corrected chi connectivity index (χ1v) is 8.96. The Balaban J connectivity index is 3.45. The van der Waals surface area contributed by atoms with Crippen molar-refractivity contribution in [2.24, 2.45) is 0 Å². The summed E-state index contributed by atoms with van der Waals surface area (Å²) in [6, 6.07) is 0.772. The molecule has 0 amide bonds. The van der Waals surface area contributed by atoms with Gasteiger partial charge in [-0.05, 0) is 37.8 Å². The van der Waals surface area contributed by atoms with Gasteiger partial charge in [0.2, 0.25) is 0 Å². The Labute approximate surface area is 114 Å². The van der Waals surface area contributed by atoms with Gasteiger partial charge in [0.05, 0.1) is 0 Å². The zero-order chi connectivity index (χ0) is 12.8. The van der Waals surface area contributed by atoms with Gasteiger partial charge in [0.15, 0.2) is 0 Å². The van der Waals surface area contributed by atoms with E-state index in [1.54, 1.807) is 0 Å². The average Bonchev–Trinajstić information content (AvgIpc) is 2.35. The molecule has 1 nitrogen and oxygen atoms in total. The summed E-state index contributed by atoms with van der Waals surface area (Å²) in [5, 5.41) is 3.69. The van der Waals surface area contributed by atoms with Crippen LogP contribution in [0.1, 0.15) is 71.6 Å². The van der Waals surface area contributed by atoms with E-state index in [0.29, 0.717) is 0 Å². The van der Waals surface area contributed by atoms with Crippen molar-refractivity contribution in [1.82, 2.24) is 5.32 Å². The van der Waals surface area contributed by atoms with Crippen LogP contribution in [0.5, 0.6) is 0 Å². The molecule has 0 radical (unpaired) electrons. The quantitative estimate of drug-likeness (QED) is 0.474. The van der Waals surface area contributed by atoms with Crippen molar-refractivity contribution < 1.29 is 0 Å². The molecule has 0 rings (SSSR count). The number of unbranched alkanes of at least 4 members (excludes halogenated alkanes) is 5. The third-order valence-corrected chi connectivity index (χ3v) is 3.90. The summed E-state index contributed by atoms with van der Waals surface area (Å²) in [5.41, 5.74) is 0. The van der Waals surface area contributed by atoms with Crippen LogP contribution in [-0.2, 0) is 0 Å². The molecule has 0 aliphatic rings. The largest absolute Gasteiger partial charge is 0.314 e. The van der Waals surface area contributed by atoms with E-state index in [1.807, 2.05) is 11.8 Å². The average molecular weight is 260 g/mol. The Bertz CT molecular complexity index is 131. The predicted octanol–water partition coefficient (Wildman–Crippen LogP) is 4.86. The molecule has 0 aromatic heterocycles. The van der Waals surface area contributed by atoms with Gasteiger partial charge in [-0.15, -0.1) is 0 Å². The first-order valence-electron chi connectivity index (χ1n) is 7.57. The maximum atomic E-state index is 3.69. The summed E-state index contributed by atoms with van der Waals surface area (Å²) in [6.45, 7) is 5.73. The molecule has 0 fully saturated rings. The number of rotatable bonds is 13. The van der Waals surface area contributed by atoms with E-state index in [-0.39, 0.29) is 0 Å². The van der Waals surface area contributed by atoms with E-state index >= 15 is 0 Å². The molecule has 1 atom stereocenters. The van der Waals surface area contributed by atoms with Crippen LogP contribution >= 0.6 is 11.8 Å². The Kier molecular flexibility index (Phi) is 14.6. The highest BCUT2D eigenvalue weighted by Crippen LogP contribution is 2.11. The second-order valence-electron chi connectivity index (χ2n) is 4.99. The lowest BCUT2D eigenvalue weighted by molar-refractivity contribution is 0.445. The van der Waals surface area contributed by atoms with E-state index in [4.69, 9.17) is 0 Å². The van der Waals surface area contributed by atoms with Crippen LogP contribution in [0.2, 0.25) is 0 Å². The second-order valence-corrected chi connectivity index (χ2v) is 5.97. The summed E-state index contributed by atoms with van der Waals surface area (Å²) in [5.74, 6) is 1.30. The Morgan fingerprint density at radius 3 is 2.24 bits per heavy atom. The van der Waals surface area contributed by atoms with Crippen molar-refractivity contribution in [2.45, 2.75) is 77.7 Å². The third-order valence-electron chi connectivity index (χ3n) is 3.26. The maximum Gasteiger partial charge on any atom is 0.00749 e. The fourth-order valence-electron chi connectivity index (χ4n) is 2.13. The van der Waals surface area contributed by atoms with Gasteiger partial charge in [-0.1, -0.05) is 52.4 Å². The Morgan fingerprint density at radius 1 is 0.882 bits per heavy atom. The van der Waals surface area contributed by atoms with Gasteiger partial charge >= 0.3 is 0 Å². The minimum atomic E-state index is 0.772. The molecule has 0 bridgehead atoms. The monoisotopic (exact) mass is 259 g/mol. The van der Waals surface area contributed by atoms with E-state index in [2.05, 4.69) is 25.4 Å². The van der Waals surface area contributed by atoms with Crippen LogP contribution in [0.25, 0.3) is 0 Å². The fourth-order valence-corrected chi connectivity index (χ4v) is 2.65. The lowest BCUT2D eigenvalue weighted by Crippen LogP contribution is -2.30. The molecule has 0 heterocycles. The molecule has 0 aromatic carbocycles. The van der Waals surface area contributed by atoms with Gasteiger partial charge in [-0.2, -0.15) is 11.8 Å². The van der Waals surface area contributed by atoms with Gasteiger partial charge in [0.1, 0.15) is 0 Å². The van der Waals surface area contributed by atoms with Crippen molar-refractivity contribution in [3.05, 3.63) is 0 Å². The SMILES string of the molecule is CCCCCCCCC(CCSC)NCCC. The molecular formula is C15H33NS. The molecule has 0 saturated carbocycles. The molecule has 0 spiro atoms. The number of hydrogen-bond donors (Lipinski definition) is 1. The van der Waals surface area contributed by atoms with Crippen LogP contribution in [0, 0.1) is 0 Å². The summed E-state index contributed by atoms with van der Waals surface area (Å²) >= 11 is 1.97. The molecule has 0 aromatic rings. The molecule has 1 N–H and O–H groups in total. The topological polar surface area (TPSA) is 12.0 Å². The van der Waals surface area contributed by atoms with Gasteiger partial charge < -0.3 is 5.32 Å². The second kappa shape index (κ2) is 14.4. The van der Waals surface area contributed by atoms with Crippen molar-refractivity contribution in [2.75, 3.05) is 18.6 Å². The molecule has 1 unspecified atom stereocenters. The molecular weight excluding hydrogens is 226 g/mol. The standard InChI is InChI=1S/C15H33NS/c1-4-6-7-8-9-10-11-15(12-14-17-3)16-13-5-2/h15-16H,4-14H2,1-3H3. The van der Waals surface area contributed by atoms with E-state index < -0.39 is 0 Å². The van der Waals surface area contributed by atoms with Crippen molar-refractivity contribution in [1.29, 1.82) is 0 Å². The van der Waals surface area contributed by atoms with Crippen LogP contribution in [0.15, 0.2) is 0 Å². The zero-order valence-electron chi connectivity index (χ0n) is 12.3. The molecule has 0 aliphatic heterocycles. The van der Waals surface area contributed by atoms with E-state index in [1.165, 1.54) is 70.1 Å². The highest BCUT2D eigenvalue weighted by Gasteiger charge is 2.06. The van der Waals surface area contributed by atoms with Crippen molar-refractivity contribution >= 4 is 11.8 Å². The van der Waals surface area contributed by atoms with E-state index in [9.17, 15) is 0 Å². The first kappa shape index (κ1) is 17.3. The highest BCUT2D eigenvalue weighted by atomic mass is 32.2. The summed E-state index contributed by atoms with van der Waals surface area (Å²) in [6.07, 6.45) is 14.7. The Morgan fingerprint density at radius 2 is 1.59 bits per heavy atom. The predicted molar refractivity (Wildman–Crippen MR) is 83.1 cm³/mol. The smallest absolute Gasteiger partial charge is 0.00749 e. The van der Waals surface area contributed by atoms with Crippen molar-refractivity contribution in [3.63, 3.8) is 0 Å². The third kappa shape index (κ3) is 12.6. The summed E-state index contributed by atoms with van der Waals surface area (Å²) in [7, 11) is 0. The molecule has 104 valence electrons. The summed E-state index contributed by atoms with van der Waals surface area (Å²) in [4.78, 5) is 0. The number of hydrogen-bond acceptors (Lipinski definition) is 2. The van der Waals surface area contributed by atoms with Crippen LogP contribution < -0.4 is 5.32 Å². The number of thioether (sulfide) groups is 1. The normalized spacial score (nSPS) is 12.9. The number of nitrogens with one attached hydrogen (secondary N) is 1. The molecule has 17 heavy (non-hydrogen) atoms. The van der Waals surface area contributed by atoms with Gasteiger partial charge in [0, 0.05) is 6.04 Å². The maximum absolute atomic E-state index is 3.69. The van der Waals surface area contributed by atoms with Gasteiger partial charge in [0.25, 0.3) is 0 Å². The highest BCUT2D eigenvalue weighted by molar-refractivity contribution is 7.98. The molecule has 0 saturated heterocycles. The van der Waals surface area contributed by atoms with Crippen LogP contribution in [-0.4, -0.2) is 24.6 Å². The van der Waals surface area contributed by atoms with Crippen molar-refractivity contribution in [3.8, 4) is 0 Å². The fraction of sp³-hybridized carbons (Fsp3) is 1.00. The van der Waals surface area contributed by atoms with Crippen LogP contribution in [0.4, 0.5) is 0 Å². The Hall–Kier alpha value is 0.310. The zero-order valence-corrected chi connectivity index (χ0v) is 13.1. The lowest BCUT2D eigenvalue weighted by atomic mass is 10.0. The lowest BCUT2D eigenvalue weighted by Gasteiger charge is -2.17. The minimum absolute atomic E-state index is 0.772. The minimum Gasteiger partial charge on any atom is -0.314 e.